The van der Waals surface area contributed by atoms with Crippen LogP contribution in [0.1, 0.15) is 0 Å². The number of fused-ring (bicyclic) bond motifs is 2. The minimum atomic E-state index is 1.15. The van der Waals surface area contributed by atoms with Crippen LogP contribution in [0.5, 0.6) is 0 Å². The number of benzene rings is 3. The van der Waals surface area contributed by atoms with Crippen molar-refractivity contribution in [2.75, 3.05) is 5.32 Å². The number of nitrogens with one attached hydrogen (secondary N) is 1. The Kier molecular flexibility index (Phi) is 2.03. The van der Waals surface area contributed by atoms with E-state index in [-0.39, 0.29) is 0 Å². The Labute approximate surface area is 114 Å². The zero-order valence-electron chi connectivity index (χ0n) is 9.57. The van der Waals surface area contributed by atoms with Crippen molar-refractivity contribution in [1.82, 2.24) is 0 Å². The number of hydrogen-bond acceptors (Lipinski definition) is 1. The SMILES string of the molecule is Brc1ccc2cccc3c2c1-c1ccccc1N3. The summed E-state index contributed by atoms with van der Waals surface area (Å²) < 4.78 is 1.15. The van der Waals surface area contributed by atoms with Crippen LogP contribution < -0.4 is 5.32 Å². The molecule has 0 unspecified atom stereocenters. The summed E-state index contributed by atoms with van der Waals surface area (Å²) in [6.07, 6.45) is 0. The number of hydrogen-bond donors (Lipinski definition) is 1. The van der Waals surface area contributed by atoms with Crippen molar-refractivity contribution in [3.05, 3.63) is 59.1 Å². The Hall–Kier alpha value is -1.80. The third-order valence-electron chi connectivity index (χ3n) is 3.46. The summed E-state index contributed by atoms with van der Waals surface area (Å²) in [6, 6.07) is 19.1. The van der Waals surface area contributed by atoms with E-state index >= 15 is 0 Å². The van der Waals surface area contributed by atoms with Gasteiger partial charge in [0.25, 0.3) is 0 Å². The second-order valence-corrected chi connectivity index (χ2v) is 5.35. The maximum absolute atomic E-state index is 3.69. The van der Waals surface area contributed by atoms with Gasteiger partial charge in [0, 0.05) is 32.4 Å². The van der Waals surface area contributed by atoms with Crippen molar-refractivity contribution in [2.45, 2.75) is 0 Å². The summed E-state index contributed by atoms with van der Waals surface area (Å²) in [5, 5.41) is 6.08. The standard InChI is InChI=1S/C16H10BrN/c17-12-9-8-10-4-3-7-14-15(10)16(12)11-5-1-2-6-13(11)18-14/h1-9,18H. The number of anilines is 2. The van der Waals surface area contributed by atoms with Crippen molar-refractivity contribution in [2.24, 2.45) is 0 Å². The van der Waals surface area contributed by atoms with E-state index in [1.165, 1.54) is 33.3 Å². The predicted molar refractivity (Wildman–Crippen MR) is 80.4 cm³/mol. The highest BCUT2D eigenvalue weighted by Gasteiger charge is 2.19. The molecule has 3 aromatic carbocycles. The summed E-state index contributed by atoms with van der Waals surface area (Å²) in [4.78, 5) is 0. The van der Waals surface area contributed by atoms with Gasteiger partial charge in [-0.15, -0.1) is 0 Å². The van der Waals surface area contributed by atoms with Gasteiger partial charge in [0.15, 0.2) is 0 Å². The van der Waals surface area contributed by atoms with Gasteiger partial charge in [0.05, 0.1) is 0 Å². The first-order valence-electron chi connectivity index (χ1n) is 5.92. The Morgan fingerprint density at radius 2 is 1.61 bits per heavy atom. The maximum Gasteiger partial charge on any atom is 0.0470 e. The predicted octanol–water partition coefficient (Wildman–Crippen LogP) is 5.33. The average Bonchev–Trinajstić information content (AvgIpc) is 2.41. The summed E-state index contributed by atoms with van der Waals surface area (Å²) in [7, 11) is 0. The summed E-state index contributed by atoms with van der Waals surface area (Å²) in [6.45, 7) is 0. The van der Waals surface area contributed by atoms with E-state index in [0.717, 1.165) is 4.47 Å². The zero-order valence-corrected chi connectivity index (χ0v) is 11.2. The van der Waals surface area contributed by atoms with E-state index in [0.29, 0.717) is 0 Å². The summed E-state index contributed by atoms with van der Waals surface area (Å²) >= 11 is 3.69. The molecule has 1 heterocycles. The summed E-state index contributed by atoms with van der Waals surface area (Å²) in [5.41, 5.74) is 4.90. The molecule has 86 valence electrons. The molecule has 0 atom stereocenters. The molecule has 0 aromatic heterocycles. The number of para-hydroxylation sites is 1. The zero-order chi connectivity index (χ0) is 12.1. The van der Waals surface area contributed by atoms with Gasteiger partial charge < -0.3 is 5.32 Å². The van der Waals surface area contributed by atoms with E-state index in [4.69, 9.17) is 0 Å². The molecule has 1 aliphatic rings. The van der Waals surface area contributed by atoms with Crippen LogP contribution in [-0.4, -0.2) is 0 Å². The van der Waals surface area contributed by atoms with Gasteiger partial charge in [-0.3, -0.25) is 0 Å². The molecule has 1 aliphatic heterocycles. The molecule has 2 heteroatoms. The van der Waals surface area contributed by atoms with Crippen molar-refractivity contribution < 1.29 is 0 Å². The van der Waals surface area contributed by atoms with Gasteiger partial charge >= 0.3 is 0 Å². The Bertz CT molecular complexity index is 777. The molecular weight excluding hydrogens is 286 g/mol. The molecule has 0 fully saturated rings. The number of rotatable bonds is 0. The quantitative estimate of drug-likeness (QED) is 0.462. The lowest BCUT2D eigenvalue weighted by Gasteiger charge is -2.23. The van der Waals surface area contributed by atoms with Crippen LogP contribution in [0.4, 0.5) is 11.4 Å². The lowest BCUT2D eigenvalue weighted by molar-refractivity contribution is 1.52. The minimum Gasteiger partial charge on any atom is -0.354 e. The normalized spacial score (nSPS) is 12.1. The third-order valence-corrected chi connectivity index (χ3v) is 4.12. The van der Waals surface area contributed by atoms with E-state index in [1.54, 1.807) is 0 Å². The lowest BCUT2D eigenvalue weighted by Crippen LogP contribution is -2.01. The fraction of sp³-hybridized carbons (Fsp3) is 0. The van der Waals surface area contributed by atoms with E-state index in [2.05, 4.69) is 75.8 Å². The fourth-order valence-electron chi connectivity index (χ4n) is 2.68. The van der Waals surface area contributed by atoms with Gasteiger partial charge in [-0.25, -0.2) is 0 Å². The van der Waals surface area contributed by atoms with E-state index in [9.17, 15) is 0 Å². The van der Waals surface area contributed by atoms with Crippen LogP contribution in [0.2, 0.25) is 0 Å². The average molecular weight is 296 g/mol. The lowest BCUT2D eigenvalue weighted by atomic mass is 9.93. The first-order chi connectivity index (χ1) is 8.84. The molecule has 1 nitrogen and oxygen atoms in total. The van der Waals surface area contributed by atoms with Gasteiger partial charge in [0.1, 0.15) is 0 Å². The fourth-order valence-corrected chi connectivity index (χ4v) is 3.22. The molecule has 0 spiro atoms. The van der Waals surface area contributed by atoms with Crippen molar-refractivity contribution >= 4 is 38.1 Å². The maximum atomic E-state index is 3.69. The first kappa shape index (κ1) is 10.2. The highest BCUT2D eigenvalue weighted by atomic mass is 79.9. The van der Waals surface area contributed by atoms with Crippen LogP contribution in [0, 0.1) is 0 Å². The monoisotopic (exact) mass is 295 g/mol. The van der Waals surface area contributed by atoms with Crippen molar-refractivity contribution in [3.8, 4) is 11.1 Å². The molecular formula is C16H10BrN. The Morgan fingerprint density at radius 3 is 2.56 bits per heavy atom. The van der Waals surface area contributed by atoms with Gasteiger partial charge in [-0.1, -0.05) is 52.3 Å². The highest BCUT2D eigenvalue weighted by molar-refractivity contribution is 9.10. The molecule has 0 saturated carbocycles. The van der Waals surface area contributed by atoms with Crippen LogP contribution in [0.3, 0.4) is 0 Å². The molecule has 4 rings (SSSR count). The largest absolute Gasteiger partial charge is 0.354 e. The van der Waals surface area contributed by atoms with Crippen LogP contribution >= 0.6 is 15.9 Å². The molecule has 3 aromatic rings. The molecule has 0 bridgehead atoms. The molecule has 0 saturated heterocycles. The first-order valence-corrected chi connectivity index (χ1v) is 6.71. The topological polar surface area (TPSA) is 12.0 Å². The molecule has 18 heavy (non-hydrogen) atoms. The molecule has 1 N–H and O–H groups in total. The van der Waals surface area contributed by atoms with Gasteiger partial charge in [-0.2, -0.15) is 0 Å². The smallest absolute Gasteiger partial charge is 0.0470 e. The van der Waals surface area contributed by atoms with Gasteiger partial charge in [-0.05, 0) is 23.6 Å². The second kappa shape index (κ2) is 3.59. The summed E-state index contributed by atoms with van der Waals surface area (Å²) in [5.74, 6) is 0. The molecule has 0 aliphatic carbocycles. The third kappa shape index (κ3) is 1.27. The van der Waals surface area contributed by atoms with Crippen LogP contribution in [0.25, 0.3) is 21.9 Å². The minimum absolute atomic E-state index is 1.15. The highest BCUT2D eigenvalue weighted by Crippen LogP contribution is 2.46. The number of halogens is 1. The van der Waals surface area contributed by atoms with Crippen LogP contribution in [-0.2, 0) is 0 Å². The Balaban J connectivity index is 2.25. The Morgan fingerprint density at radius 1 is 0.778 bits per heavy atom. The van der Waals surface area contributed by atoms with Gasteiger partial charge in [0.2, 0.25) is 0 Å². The van der Waals surface area contributed by atoms with Crippen molar-refractivity contribution in [3.63, 3.8) is 0 Å². The van der Waals surface area contributed by atoms with Crippen LogP contribution in [0.15, 0.2) is 59.1 Å². The second-order valence-electron chi connectivity index (χ2n) is 4.50. The molecule has 0 radical (unpaired) electrons. The van der Waals surface area contributed by atoms with Crippen molar-refractivity contribution in [1.29, 1.82) is 0 Å². The van der Waals surface area contributed by atoms with E-state index in [1.807, 2.05) is 0 Å². The van der Waals surface area contributed by atoms with E-state index < -0.39 is 0 Å². The molecule has 0 amide bonds.